The van der Waals surface area contributed by atoms with Crippen molar-refractivity contribution in [3.05, 3.63) is 0 Å². The Bertz CT molecular complexity index is 369. The van der Waals surface area contributed by atoms with Crippen LogP contribution in [-0.2, 0) is 4.79 Å². The third kappa shape index (κ3) is 8.21. The Kier molecular flexibility index (Phi) is 9.88. The van der Waals surface area contributed by atoms with Crippen molar-refractivity contribution < 1.29 is 4.79 Å². The maximum absolute atomic E-state index is 11.8. The molecule has 0 saturated carbocycles. The van der Waals surface area contributed by atoms with Gasteiger partial charge in [0, 0.05) is 38.8 Å². The van der Waals surface area contributed by atoms with Gasteiger partial charge in [0.05, 0.1) is 12.0 Å². The second-order valence-corrected chi connectivity index (χ2v) is 7.01. The first-order valence-corrected chi connectivity index (χ1v) is 8.65. The molecule has 23 heavy (non-hydrogen) atoms. The summed E-state index contributed by atoms with van der Waals surface area (Å²) in [4.78, 5) is 18.8. The van der Waals surface area contributed by atoms with Gasteiger partial charge in [-0.05, 0) is 48.5 Å². The van der Waals surface area contributed by atoms with Gasteiger partial charge in [-0.2, -0.15) is 0 Å². The third-order valence-corrected chi connectivity index (χ3v) is 3.81. The van der Waals surface area contributed by atoms with Crippen LogP contribution in [0.2, 0.25) is 0 Å². The van der Waals surface area contributed by atoms with Gasteiger partial charge in [0.25, 0.3) is 0 Å². The number of rotatable bonds is 9. The number of hydrogen-bond acceptors (Lipinski definition) is 3. The highest BCUT2D eigenvalue weighted by Gasteiger charge is 2.26. The summed E-state index contributed by atoms with van der Waals surface area (Å²) in [5.41, 5.74) is -0.515. The average Bonchev–Trinajstić information content (AvgIpc) is 2.47. The van der Waals surface area contributed by atoms with Crippen LogP contribution in [0.15, 0.2) is 4.99 Å². The van der Waals surface area contributed by atoms with Gasteiger partial charge < -0.3 is 16.0 Å². The van der Waals surface area contributed by atoms with Crippen LogP contribution >= 0.6 is 0 Å². The highest BCUT2D eigenvalue weighted by atomic mass is 16.2. The van der Waals surface area contributed by atoms with Gasteiger partial charge in [0.1, 0.15) is 0 Å². The van der Waals surface area contributed by atoms with Crippen molar-refractivity contribution in [3.8, 4) is 0 Å². The van der Waals surface area contributed by atoms with Gasteiger partial charge in [0.15, 0.2) is 5.96 Å². The first-order chi connectivity index (χ1) is 10.7. The van der Waals surface area contributed by atoms with Crippen LogP contribution in [0.4, 0.5) is 0 Å². The summed E-state index contributed by atoms with van der Waals surface area (Å²) < 4.78 is 0. The average molecular weight is 328 g/mol. The van der Waals surface area contributed by atoms with E-state index in [-0.39, 0.29) is 5.91 Å². The summed E-state index contributed by atoms with van der Waals surface area (Å²) in [6, 6.07) is 1.03. The predicted octanol–water partition coefficient (Wildman–Crippen LogP) is 1.43. The van der Waals surface area contributed by atoms with Crippen molar-refractivity contribution >= 4 is 11.9 Å². The van der Waals surface area contributed by atoms with E-state index in [9.17, 15) is 4.79 Å². The van der Waals surface area contributed by atoms with Crippen molar-refractivity contribution in [2.75, 3.05) is 33.2 Å². The molecule has 136 valence electrons. The van der Waals surface area contributed by atoms with Crippen molar-refractivity contribution in [1.29, 1.82) is 0 Å². The van der Waals surface area contributed by atoms with Gasteiger partial charge in [-0.15, -0.1) is 0 Å². The molecule has 0 fully saturated rings. The van der Waals surface area contributed by atoms with E-state index in [0.717, 1.165) is 25.6 Å². The molecule has 0 saturated heterocycles. The van der Waals surface area contributed by atoms with Crippen molar-refractivity contribution in [1.82, 2.24) is 20.9 Å². The van der Waals surface area contributed by atoms with E-state index >= 15 is 0 Å². The zero-order valence-electron chi connectivity index (χ0n) is 16.3. The number of guanidine groups is 1. The summed E-state index contributed by atoms with van der Waals surface area (Å²) in [5, 5.41) is 9.28. The van der Waals surface area contributed by atoms with E-state index in [1.807, 2.05) is 20.8 Å². The molecule has 0 aliphatic rings. The molecular formula is C17H37N5O. The quantitative estimate of drug-likeness (QED) is 0.443. The Morgan fingerprint density at radius 1 is 1.13 bits per heavy atom. The standard InChI is InChI=1S/C17H37N5O/c1-9-19-16(21-12-17(6,7)15(23)18-8)20-10-11-22(13(2)3)14(4)5/h13-14H,9-12H2,1-8H3,(H,18,23)(H2,19,20,21). The number of carbonyl (C=O) groups excluding carboxylic acids is 1. The minimum Gasteiger partial charge on any atom is -0.359 e. The highest BCUT2D eigenvalue weighted by Crippen LogP contribution is 2.15. The monoisotopic (exact) mass is 327 g/mol. The molecule has 0 aliphatic carbocycles. The molecule has 0 aromatic heterocycles. The van der Waals surface area contributed by atoms with E-state index in [1.165, 1.54) is 0 Å². The van der Waals surface area contributed by atoms with E-state index in [2.05, 4.69) is 53.5 Å². The number of nitrogens with zero attached hydrogens (tertiary/aromatic N) is 2. The lowest BCUT2D eigenvalue weighted by atomic mass is 9.93. The number of nitrogens with one attached hydrogen (secondary N) is 3. The zero-order chi connectivity index (χ0) is 18.0. The number of amides is 1. The topological polar surface area (TPSA) is 68.8 Å². The van der Waals surface area contributed by atoms with Gasteiger partial charge in [-0.25, -0.2) is 0 Å². The van der Waals surface area contributed by atoms with Crippen LogP contribution < -0.4 is 16.0 Å². The fourth-order valence-electron chi connectivity index (χ4n) is 2.44. The fraction of sp³-hybridized carbons (Fsp3) is 0.882. The summed E-state index contributed by atoms with van der Waals surface area (Å²) in [6.07, 6.45) is 0. The molecule has 0 atom stereocenters. The molecule has 1 amide bonds. The van der Waals surface area contributed by atoms with Crippen LogP contribution in [-0.4, -0.2) is 62.1 Å². The van der Waals surface area contributed by atoms with Gasteiger partial charge >= 0.3 is 0 Å². The van der Waals surface area contributed by atoms with Crippen LogP contribution in [0.1, 0.15) is 48.5 Å². The van der Waals surface area contributed by atoms with Crippen molar-refractivity contribution in [2.45, 2.75) is 60.5 Å². The van der Waals surface area contributed by atoms with E-state index in [0.29, 0.717) is 18.6 Å². The Morgan fingerprint density at radius 3 is 2.13 bits per heavy atom. The van der Waals surface area contributed by atoms with Crippen LogP contribution in [0.5, 0.6) is 0 Å². The molecule has 0 heterocycles. The molecule has 6 nitrogen and oxygen atoms in total. The molecule has 6 heteroatoms. The van der Waals surface area contributed by atoms with Gasteiger partial charge in [-0.3, -0.25) is 14.7 Å². The second-order valence-electron chi connectivity index (χ2n) is 7.01. The Hall–Kier alpha value is -1.30. The molecule has 0 bridgehead atoms. The first kappa shape index (κ1) is 21.7. The largest absolute Gasteiger partial charge is 0.359 e. The minimum atomic E-state index is -0.515. The zero-order valence-corrected chi connectivity index (χ0v) is 16.3. The van der Waals surface area contributed by atoms with E-state index in [4.69, 9.17) is 0 Å². The highest BCUT2D eigenvalue weighted by molar-refractivity contribution is 5.83. The SMILES string of the molecule is CCNC(=NCC(C)(C)C(=O)NC)NCCN(C(C)C)C(C)C. The molecule has 0 aromatic rings. The Balaban J connectivity index is 4.62. The number of aliphatic imine (C=N–C) groups is 1. The Labute approximate surface area is 142 Å². The summed E-state index contributed by atoms with van der Waals surface area (Å²) >= 11 is 0. The molecule has 0 spiro atoms. The first-order valence-electron chi connectivity index (χ1n) is 8.65. The number of carbonyl (C=O) groups is 1. The lowest BCUT2D eigenvalue weighted by Gasteiger charge is -2.30. The maximum atomic E-state index is 11.8. The molecule has 0 aromatic carbocycles. The lowest BCUT2D eigenvalue weighted by Crippen LogP contribution is -2.46. The van der Waals surface area contributed by atoms with E-state index in [1.54, 1.807) is 7.05 Å². The second kappa shape index (κ2) is 10.5. The molecule has 0 radical (unpaired) electrons. The van der Waals surface area contributed by atoms with E-state index < -0.39 is 5.41 Å². The molecule has 3 N–H and O–H groups in total. The third-order valence-electron chi connectivity index (χ3n) is 3.81. The predicted molar refractivity (Wildman–Crippen MR) is 98.8 cm³/mol. The molecule has 0 aliphatic heterocycles. The van der Waals surface area contributed by atoms with Crippen molar-refractivity contribution in [2.24, 2.45) is 10.4 Å². The maximum Gasteiger partial charge on any atom is 0.227 e. The van der Waals surface area contributed by atoms with Crippen LogP contribution in [0.3, 0.4) is 0 Å². The Morgan fingerprint density at radius 2 is 1.70 bits per heavy atom. The summed E-state index contributed by atoms with van der Waals surface area (Å²) in [6.45, 7) is 17.7. The molecule has 0 unspecified atom stereocenters. The summed E-state index contributed by atoms with van der Waals surface area (Å²) in [7, 11) is 1.66. The number of hydrogen-bond donors (Lipinski definition) is 3. The van der Waals surface area contributed by atoms with Gasteiger partial charge in [0.2, 0.25) is 5.91 Å². The smallest absolute Gasteiger partial charge is 0.227 e. The fourth-order valence-corrected chi connectivity index (χ4v) is 2.44. The molecular weight excluding hydrogens is 290 g/mol. The minimum absolute atomic E-state index is 0.00268. The summed E-state index contributed by atoms with van der Waals surface area (Å²) in [5.74, 6) is 0.764. The normalized spacial score (nSPS) is 12.9. The van der Waals surface area contributed by atoms with Crippen molar-refractivity contribution in [3.63, 3.8) is 0 Å². The lowest BCUT2D eigenvalue weighted by molar-refractivity contribution is -0.128. The molecule has 0 rings (SSSR count). The van der Waals surface area contributed by atoms with Gasteiger partial charge in [-0.1, -0.05) is 0 Å². The van der Waals surface area contributed by atoms with Crippen LogP contribution in [0, 0.1) is 5.41 Å². The van der Waals surface area contributed by atoms with Crippen LogP contribution in [0.25, 0.3) is 0 Å².